The first-order valence-electron chi connectivity index (χ1n) is 8.55. The number of hydrogen-bond acceptors (Lipinski definition) is 1. The molecule has 1 N–H and O–H groups in total. The van der Waals surface area contributed by atoms with Crippen molar-refractivity contribution < 1.29 is 0 Å². The number of rotatable bonds is 6. The minimum atomic E-state index is 0.738. The summed E-state index contributed by atoms with van der Waals surface area (Å²) in [7, 11) is 0. The molecule has 0 amide bonds. The first-order valence-corrected chi connectivity index (χ1v) is 8.55. The van der Waals surface area contributed by atoms with Gasteiger partial charge in [-0.25, -0.2) is 0 Å². The lowest BCUT2D eigenvalue weighted by Crippen LogP contribution is -2.42. The van der Waals surface area contributed by atoms with Gasteiger partial charge in [-0.05, 0) is 44.4 Å². The summed E-state index contributed by atoms with van der Waals surface area (Å²) in [5, 5.41) is 3.91. The van der Waals surface area contributed by atoms with Crippen molar-refractivity contribution in [1.82, 2.24) is 5.32 Å². The third-order valence-corrected chi connectivity index (χ3v) is 5.30. The number of hydrogen-bond donors (Lipinski definition) is 1. The second kappa shape index (κ2) is 7.53. The van der Waals surface area contributed by atoms with Crippen LogP contribution in [0.5, 0.6) is 0 Å². The van der Waals surface area contributed by atoms with Crippen LogP contribution in [-0.2, 0) is 0 Å². The SMILES string of the molecule is CCCCCC(C)NC1CCC2CCCCC2C1. The Kier molecular flexibility index (Phi) is 6.01. The molecule has 2 fully saturated rings. The summed E-state index contributed by atoms with van der Waals surface area (Å²) >= 11 is 0. The largest absolute Gasteiger partial charge is 0.311 e. The molecule has 0 aromatic rings. The van der Waals surface area contributed by atoms with Crippen LogP contribution in [0.3, 0.4) is 0 Å². The highest BCUT2D eigenvalue weighted by Gasteiger charge is 2.32. The van der Waals surface area contributed by atoms with Crippen LogP contribution in [0.25, 0.3) is 0 Å². The minimum Gasteiger partial charge on any atom is -0.311 e. The Morgan fingerprint density at radius 1 is 1.00 bits per heavy atom. The fourth-order valence-electron chi connectivity index (χ4n) is 4.21. The Labute approximate surface area is 114 Å². The van der Waals surface area contributed by atoms with E-state index >= 15 is 0 Å². The normalized spacial score (nSPS) is 34.0. The average molecular weight is 251 g/mol. The summed E-state index contributed by atoms with van der Waals surface area (Å²) < 4.78 is 0. The van der Waals surface area contributed by atoms with E-state index < -0.39 is 0 Å². The molecule has 18 heavy (non-hydrogen) atoms. The predicted molar refractivity (Wildman–Crippen MR) is 79.8 cm³/mol. The van der Waals surface area contributed by atoms with Crippen molar-refractivity contribution in [1.29, 1.82) is 0 Å². The van der Waals surface area contributed by atoms with Crippen LogP contribution in [0.15, 0.2) is 0 Å². The van der Waals surface area contributed by atoms with Gasteiger partial charge in [-0.2, -0.15) is 0 Å². The minimum absolute atomic E-state index is 0.738. The van der Waals surface area contributed by atoms with E-state index in [0.717, 1.165) is 23.9 Å². The molecule has 0 bridgehead atoms. The highest BCUT2D eigenvalue weighted by Crippen LogP contribution is 2.40. The monoisotopic (exact) mass is 251 g/mol. The van der Waals surface area contributed by atoms with Crippen LogP contribution >= 0.6 is 0 Å². The molecule has 4 unspecified atom stereocenters. The molecular formula is C17H33N. The number of unbranched alkanes of at least 4 members (excludes halogenated alkanes) is 2. The Morgan fingerprint density at radius 2 is 1.78 bits per heavy atom. The van der Waals surface area contributed by atoms with Gasteiger partial charge in [0.25, 0.3) is 0 Å². The van der Waals surface area contributed by atoms with E-state index in [4.69, 9.17) is 0 Å². The fraction of sp³-hybridized carbons (Fsp3) is 1.00. The maximum Gasteiger partial charge on any atom is 0.00723 e. The lowest BCUT2D eigenvalue weighted by atomic mass is 9.69. The zero-order valence-electron chi connectivity index (χ0n) is 12.6. The van der Waals surface area contributed by atoms with Crippen molar-refractivity contribution in [3.05, 3.63) is 0 Å². The summed E-state index contributed by atoms with van der Waals surface area (Å²) in [6.07, 6.45) is 16.0. The van der Waals surface area contributed by atoms with Gasteiger partial charge in [-0.15, -0.1) is 0 Å². The molecule has 0 saturated heterocycles. The van der Waals surface area contributed by atoms with E-state index in [1.165, 1.54) is 70.6 Å². The molecule has 4 atom stereocenters. The van der Waals surface area contributed by atoms with Crippen LogP contribution < -0.4 is 5.32 Å². The van der Waals surface area contributed by atoms with Crippen molar-refractivity contribution >= 4 is 0 Å². The molecule has 2 rings (SSSR count). The molecule has 0 aromatic heterocycles. The molecule has 2 saturated carbocycles. The maximum atomic E-state index is 3.91. The highest BCUT2D eigenvalue weighted by atomic mass is 14.9. The standard InChI is InChI=1S/C17H33N/c1-3-4-5-8-14(2)18-17-12-11-15-9-6-7-10-16(15)13-17/h14-18H,3-13H2,1-2H3. The third-order valence-electron chi connectivity index (χ3n) is 5.30. The quantitative estimate of drug-likeness (QED) is 0.662. The zero-order chi connectivity index (χ0) is 12.8. The van der Waals surface area contributed by atoms with E-state index in [-0.39, 0.29) is 0 Å². The van der Waals surface area contributed by atoms with Gasteiger partial charge in [0, 0.05) is 12.1 Å². The van der Waals surface area contributed by atoms with Gasteiger partial charge < -0.3 is 5.32 Å². The van der Waals surface area contributed by atoms with Crippen molar-refractivity contribution in [3.63, 3.8) is 0 Å². The van der Waals surface area contributed by atoms with Crippen molar-refractivity contribution in [3.8, 4) is 0 Å². The fourth-order valence-corrected chi connectivity index (χ4v) is 4.21. The topological polar surface area (TPSA) is 12.0 Å². The summed E-state index contributed by atoms with van der Waals surface area (Å²) in [5.41, 5.74) is 0. The summed E-state index contributed by atoms with van der Waals surface area (Å²) in [4.78, 5) is 0. The summed E-state index contributed by atoms with van der Waals surface area (Å²) in [6.45, 7) is 4.69. The van der Waals surface area contributed by atoms with Gasteiger partial charge in [0.2, 0.25) is 0 Å². The molecule has 2 aliphatic rings. The number of nitrogens with one attached hydrogen (secondary N) is 1. The number of fused-ring (bicyclic) bond motifs is 1. The summed E-state index contributed by atoms with van der Waals surface area (Å²) in [5.74, 6) is 2.15. The Balaban J connectivity index is 1.67. The lowest BCUT2D eigenvalue weighted by Gasteiger charge is -2.40. The molecule has 0 radical (unpaired) electrons. The van der Waals surface area contributed by atoms with Crippen LogP contribution in [0.4, 0.5) is 0 Å². The van der Waals surface area contributed by atoms with Gasteiger partial charge in [-0.3, -0.25) is 0 Å². The first-order chi connectivity index (χ1) is 8.79. The van der Waals surface area contributed by atoms with Gasteiger partial charge in [-0.1, -0.05) is 51.9 Å². The van der Waals surface area contributed by atoms with E-state index in [0.29, 0.717) is 0 Å². The molecule has 0 aromatic carbocycles. The van der Waals surface area contributed by atoms with Crippen LogP contribution in [0.1, 0.15) is 84.5 Å². The van der Waals surface area contributed by atoms with E-state index in [1.54, 1.807) is 0 Å². The molecular weight excluding hydrogens is 218 g/mol. The van der Waals surface area contributed by atoms with Crippen molar-refractivity contribution in [2.24, 2.45) is 11.8 Å². The second-order valence-electron chi connectivity index (χ2n) is 6.88. The molecule has 106 valence electrons. The molecule has 1 nitrogen and oxygen atoms in total. The van der Waals surface area contributed by atoms with Crippen molar-refractivity contribution in [2.45, 2.75) is 96.6 Å². The average Bonchev–Trinajstić information content (AvgIpc) is 2.39. The Hall–Kier alpha value is -0.0400. The van der Waals surface area contributed by atoms with E-state index in [9.17, 15) is 0 Å². The van der Waals surface area contributed by atoms with Gasteiger partial charge in [0.1, 0.15) is 0 Å². The lowest BCUT2D eigenvalue weighted by molar-refractivity contribution is 0.138. The smallest absolute Gasteiger partial charge is 0.00723 e. The molecule has 0 spiro atoms. The predicted octanol–water partition coefficient (Wildman–Crippen LogP) is 4.90. The highest BCUT2D eigenvalue weighted by molar-refractivity contribution is 4.87. The maximum absolute atomic E-state index is 3.91. The Morgan fingerprint density at radius 3 is 2.56 bits per heavy atom. The van der Waals surface area contributed by atoms with E-state index in [1.807, 2.05) is 0 Å². The van der Waals surface area contributed by atoms with Gasteiger partial charge in [0.15, 0.2) is 0 Å². The molecule has 1 heteroatoms. The van der Waals surface area contributed by atoms with Crippen LogP contribution in [-0.4, -0.2) is 12.1 Å². The zero-order valence-corrected chi connectivity index (χ0v) is 12.6. The second-order valence-corrected chi connectivity index (χ2v) is 6.88. The molecule has 0 aliphatic heterocycles. The van der Waals surface area contributed by atoms with Crippen molar-refractivity contribution in [2.75, 3.05) is 0 Å². The first kappa shape index (κ1) is 14.4. The van der Waals surface area contributed by atoms with Gasteiger partial charge >= 0.3 is 0 Å². The molecule has 0 heterocycles. The van der Waals surface area contributed by atoms with Crippen LogP contribution in [0.2, 0.25) is 0 Å². The summed E-state index contributed by atoms with van der Waals surface area (Å²) in [6, 6.07) is 1.57. The third kappa shape index (κ3) is 4.26. The molecule has 2 aliphatic carbocycles. The van der Waals surface area contributed by atoms with E-state index in [2.05, 4.69) is 19.2 Å². The Bertz CT molecular complexity index is 226. The van der Waals surface area contributed by atoms with Gasteiger partial charge in [0.05, 0.1) is 0 Å². The van der Waals surface area contributed by atoms with Crippen LogP contribution in [0, 0.1) is 11.8 Å².